The van der Waals surface area contributed by atoms with Gasteiger partial charge in [0.2, 0.25) is 0 Å². The number of furan rings is 1. The summed E-state index contributed by atoms with van der Waals surface area (Å²) in [7, 11) is 0. The van der Waals surface area contributed by atoms with E-state index in [1.165, 1.54) is 18.2 Å². The largest absolute Gasteiger partial charge is 0.455 e. The van der Waals surface area contributed by atoms with E-state index >= 15 is 0 Å². The van der Waals surface area contributed by atoms with Crippen molar-refractivity contribution in [3.63, 3.8) is 0 Å². The second kappa shape index (κ2) is 8.49. The molecule has 1 unspecified atom stereocenters. The Morgan fingerprint density at radius 1 is 0.970 bits per heavy atom. The second-order valence-corrected chi connectivity index (χ2v) is 10.0. The van der Waals surface area contributed by atoms with Crippen molar-refractivity contribution in [2.45, 2.75) is 5.72 Å². The molecule has 5 nitrogen and oxygen atoms in total. The quantitative estimate of drug-likeness (QED) is 0.263. The third kappa shape index (κ3) is 4.09. The minimum Gasteiger partial charge on any atom is -0.455 e. The first kappa shape index (κ1) is 22.5. The maximum absolute atomic E-state index is 13.5. The molecule has 0 saturated heterocycles. The number of hydrogen-bond donors (Lipinski definition) is 1. The Kier molecular flexibility index (Phi) is 5.79. The molecule has 0 bridgehead atoms. The van der Waals surface area contributed by atoms with E-state index in [0.29, 0.717) is 16.2 Å². The van der Waals surface area contributed by atoms with E-state index in [-0.39, 0.29) is 22.1 Å². The maximum Gasteiger partial charge on any atom is 0.290 e. The van der Waals surface area contributed by atoms with Crippen LogP contribution in [-0.4, -0.2) is 16.1 Å². The van der Waals surface area contributed by atoms with E-state index in [4.69, 9.17) is 32.5 Å². The predicted molar refractivity (Wildman–Crippen MR) is 134 cm³/mol. The SMILES string of the molecule is O=C1C(c2cc(Br)cc(Br)c2)=CC(O)(c2cc3ccccc3o2)N1Oc1ccc(Cl)cc1Cl. The molecule has 1 aromatic heterocycles. The highest BCUT2D eigenvalue weighted by molar-refractivity contribution is 9.11. The third-order valence-corrected chi connectivity index (χ3v) is 6.56. The van der Waals surface area contributed by atoms with Crippen molar-refractivity contribution in [3.05, 3.63) is 103 Å². The highest BCUT2D eigenvalue weighted by atomic mass is 79.9. The molecule has 0 fully saturated rings. The fourth-order valence-corrected chi connectivity index (χ4v) is 5.33. The van der Waals surface area contributed by atoms with Gasteiger partial charge in [-0.3, -0.25) is 4.79 Å². The Morgan fingerprint density at radius 2 is 1.70 bits per heavy atom. The molecule has 0 aliphatic carbocycles. The van der Waals surface area contributed by atoms with Gasteiger partial charge in [0.1, 0.15) is 5.58 Å². The molecule has 9 heteroatoms. The number of benzene rings is 3. The van der Waals surface area contributed by atoms with E-state index in [1.807, 2.05) is 24.3 Å². The average molecular weight is 610 g/mol. The summed E-state index contributed by atoms with van der Waals surface area (Å²) in [6.45, 7) is 0. The second-order valence-electron chi connectivity index (χ2n) is 7.36. The van der Waals surface area contributed by atoms with Crippen LogP contribution in [0, 0.1) is 0 Å². The first-order valence-electron chi connectivity index (χ1n) is 9.63. The van der Waals surface area contributed by atoms with Crippen molar-refractivity contribution < 1.29 is 19.2 Å². The molecule has 3 aromatic carbocycles. The lowest BCUT2D eigenvalue weighted by Gasteiger charge is -2.30. The topological polar surface area (TPSA) is 62.9 Å². The number of rotatable bonds is 4. The fraction of sp³-hybridized carbons (Fsp3) is 0.0417. The Labute approximate surface area is 215 Å². The molecule has 1 N–H and O–H groups in total. The van der Waals surface area contributed by atoms with Crippen LogP contribution in [0.25, 0.3) is 16.5 Å². The maximum atomic E-state index is 13.5. The minimum atomic E-state index is -2.04. The Morgan fingerprint density at radius 3 is 2.39 bits per heavy atom. The first-order chi connectivity index (χ1) is 15.7. The predicted octanol–water partition coefficient (Wildman–Crippen LogP) is 7.33. The summed E-state index contributed by atoms with van der Waals surface area (Å²) in [4.78, 5) is 19.4. The number of nitrogens with zero attached hydrogens (tertiary/aromatic N) is 1. The van der Waals surface area contributed by atoms with E-state index < -0.39 is 11.6 Å². The molecule has 4 aromatic rings. The molecule has 33 heavy (non-hydrogen) atoms. The van der Waals surface area contributed by atoms with Gasteiger partial charge < -0.3 is 14.4 Å². The Bertz CT molecular complexity index is 1400. The number of carbonyl (C=O) groups is 1. The van der Waals surface area contributed by atoms with Crippen molar-refractivity contribution in [2.24, 2.45) is 0 Å². The number of para-hydroxylation sites is 1. The molecule has 0 radical (unpaired) electrons. The molecule has 166 valence electrons. The molecule has 5 rings (SSSR count). The number of hydroxylamine groups is 2. The summed E-state index contributed by atoms with van der Waals surface area (Å²) in [6, 6.07) is 18.9. The van der Waals surface area contributed by atoms with Crippen LogP contribution < -0.4 is 4.84 Å². The zero-order valence-corrected chi connectivity index (χ0v) is 21.2. The van der Waals surface area contributed by atoms with Crippen LogP contribution >= 0.6 is 55.1 Å². The number of halogens is 4. The summed E-state index contributed by atoms with van der Waals surface area (Å²) in [5.41, 5.74) is -0.678. The molecule has 1 aliphatic rings. The van der Waals surface area contributed by atoms with Gasteiger partial charge in [0.25, 0.3) is 11.6 Å². The van der Waals surface area contributed by atoms with Gasteiger partial charge in [-0.05, 0) is 60.2 Å². The average Bonchev–Trinajstić information content (AvgIpc) is 3.30. The molecule has 2 heterocycles. The third-order valence-electron chi connectivity index (χ3n) is 5.12. The van der Waals surface area contributed by atoms with Crippen LogP contribution in [0.1, 0.15) is 11.3 Å². The van der Waals surface area contributed by atoms with E-state index in [9.17, 15) is 9.90 Å². The summed E-state index contributed by atoms with van der Waals surface area (Å²) in [5.74, 6) is -0.311. The van der Waals surface area contributed by atoms with Crippen molar-refractivity contribution in [1.29, 1.82) is 0 Å². The molecule has 0 saturated carbocycles. The van der Waals surface area contributed by atoms with E-state index in [1.54, 1.807) is 30.3 Å². The van der Waals surface area contributed by atoms with Crippen LogP contribution in [0.2, 0.25) is 10.0 Å². The van der Waals surface area contributed by atoms with Crippen LogP contribution in [0.15, 0.2) is 86.2 Å². The van der Waals surface area contributed by atoms with Gasteiger partial charge >= 0.3 is 0 Å². The smallest absolute Gasteiger partial charge is 0.290 e. The van der Waals surface area contributed by atoms with Crippen molar-refractivity contribution in [2.75, 3.05) is 0 Å². The van der Waals surface area contributed by atoms with Gasteiger partial charge in [-0.25, -0.2) is 0 Å². The first-order valence-corrected chi connectivity index (χ1v) is 12.0. The number of amides is 1. The van der Waals surface area contributed by atoms with Crippen molar-refractivity contribution in [3.8, 4) is 5.75 Å². The highest BCUT2D eigenvalue weighted by Crippen LogP contribution is 2.43. The lowest BCUT2D eigenvalue weighted by Crippen LogP contribution is -2.46. The summed E-state index contributed by atoms with van der Waals surface area (Å²) >= 11 is 19.1. The molecule has 0 spiro atoms. The lowest BCUT2D eigenvalue weighted by molar-refractivity contribution is -0.216. The van der Waals surface area contributed by atoms with Gasteiger partial charge in [-0.2, -0.15) is 0 Å². The van der Waals surface area contributed by atoms with Crippen molar-refractivity contribution in [1.82, 2.24) is 5.06 Å². The zero-order valence-electron chi connectivity index (χ0n) is 16.6. The summed E-state index contributed by atoms with van der Waals surface area (Å²) in [5, 5.41) is 14.0. The molecule has 1 atom stereocenters. The van der Waals surface area contributed by atoms with Crippen LogP contribution in [-0.2, 0) is 10.5 Å². The number of aliphatic hydroxyl groups is 1. The highest BCUT2D eigenvalue weighted by Gasteiger charge is 2.50. The van der Waals surface area contributed by atoms with Crippen LogP contribution in [0.5, 0.6) is 5.75 Å². The number of fused-ring (bicyclic) bond motifs is 1. The number of carbonyl (C=O) groups excluding carboxylic acids is 1. The monoisotopic (exact) mass is 607 g/mol. The van der Waals surface area contributed by atoms with Crippen molar-refractivity contribution >= 4 is 77.5 Å². The van der Waals surface area contributed by atoms with E-state index in [2.05, 4.69) is 31.9 Å². The molecular formula is C24H13Br2Cl2NO4. The normalized spacial score (nSPS) is 18.2. The Balaban J connectivity index is 1.66. The van der Waals surface area contributed by atoms with Crippen LogP contribution in [0.3, 0.4) is 0 Å². The Hall–Kier alpha value is -2.29. The van der Waals surface area contributed by atoms with Crippen LogP contribution in [0.4, 0.5) is 0 Å². The lowest BCUT2D eigenvalue weighted by atomic mass is 10.0. The van der Waals surface area contributed by atoms with Gasteiger partial charge in [-0.1, -0.05) is 73.3 Å². The fourth-order valence-electron chi connectivity index (χ4n) is 3.60. The number of hydrogen-bond acceptors (Lipinski definition) is 4. The summed E-state index contributed by atoms with van der Waals surface area (Å²) < 4.78 is 7.43. The zero-order chi connectivity index (χ0) is 23.3. The molecule has 1 aliphatic heterocycles. The molecular weight excluding hydrogens is 597 g/mol. The van der Waals surface area contributed by atoms with Gasteiger partial charge in [-0.15, -0.1) is 5.06 Å². The minimum absolute atomic E-state index is 0.117. The standard InChI is InChI=1S/C24H13Br2Cl2NO4/c25-15-7-14(8-16(26)10-15)18-12-24(31,22-9-13-3-1-2-4-20(13)32-22)29(23(18)30)33-21-6-5-17(27)11-19(21)28/h1-12,31H. The van der Waals surface area contributed by atoms with E-state index in [0.717, 1.165) is 19.4 Å². The van der Waals surface area contributed by atoms with Gasteiger partial charge in [0.15, 0.2) is 11.5 Å². The summed E-state index contributed by atoms with van der Waals surface area (Å²) in [6.07, 6.45) is 1.41. The molecule has 1 amide bonds. The van der Waals surface area contributed by atoms with Gasteiger partial charge in [0, 0.05) is 19.4 Å². The van der Waals surface area contributed by atoms with Gasteiger partial charge in [0.05, 0.1) is 10.6 Å².